The number of hydrogen-bond acceptors (Lipinski definition) is 3. The lowest BCUT2D eigenvalue weighted by atomic mass is 10.1. The summed E-state index contributed by atoms with van der Waals surface area (Å²) in [6, 6.07) is 16.1. The van der Waals surface area contributed by atoms with Crippen LogP contribution in [-0.4, -0.2) is 18.3 Å². The normalized spacial score (nSPS) is 10.5. The number of ether oxygens (including phenoxy) is 1. The number of para-hydroxylation sites is 1. The monoisotopic (exact) mass is 285 g/mol. The number of aromatic hydroxyl groups is 1. The van der Waals surface area contributed by atoms with E-state index in [0.717, 1.165) is 24.9 Å². The Labute approximate surface area is 126 Å². The predicted octanol–water partition coefficient (Wildman–Crippen LogP) is 3.51. The molecule has 0 radical (unpaired) electrons. The van der Waals surface area contributed by atoms with Crippen LogP contribution in [-0.2, 0) is 13.0 Å². The Kier molecular flexibility index (Phi) is 6.10. The predicted molar refractivity (Wildman–Crippen MR) is 85.7 cm³/mol. The first-order valence-electron chi connectivity index (χ1n) is 7.49. The largest absolute Gasteiger partial charge is 0.504 e. The number of aryl methyl sites for hydroxylation is 1. The molecule has 2 N–H and O–H groups in total. The van der Waals surface area contributed by atoms with Crippen LogP contribution in [0.2, 0.25) is 0 Å². The summed E-state index contributed by atoms with van der Waals surface area (Å²) in [5.74, 6) is 0.802. The number of rotatable bonds is 8. The molecule has 0 bridgehead atoms. The molecule has 2 rings (SSSR count). The summed E-state index contributed by atoms with van der Waals surface area (Å²) >= 11 is 0. The molecule has 0 heterocycles. The van der Waals surface area contributed by atoms with Crippen LogP contribution in [0.3, 0.4) is 0 Å². The average Bonchev–Trinajstić information content (AvgIpc) is 2.51. The molecule has 0 fully saturated rings. The zero-order valence-corrected chi connectivity index (χ0v) is 12.5. The van der Waals surface area contributed by atoms with Gasteiger partial charge in [0.1, 0.15) is 0 Å². The van der Waals surface area contributed by atoms with E-state index in [1.54, 1.807) is 6.07 Å². The number of nitrogens with one attached hydrogen (secondary N) is 1. The number of phenolic OH excluding ortho intramolecular Hbond substituents is 1. The summed E-state index contributed by atoms with van der Waals surface area (Å²) in [4.78, 5) is 0. The quantitative estimate of drug-likeness (QED) is 0.729. The van der Waals surface area contributed by atoms with Crippen molar-refractivity contribution in [2.24, 2.45) is 0 Å². The van der Waals surface area contributed by atoms with Crippen LogP contribution in [0.4, 0.5) is 0 Å². The fourth-order valence-corrected chi connectivity index (χ4v) is 2.27. The van der Waals surface area contributed by atoms with Gasteiger partial charge in [-0.05, 0) is 37.9 Å². The molecule has 2 aromatic rings. The minimum absolute atomic E-state index is 0.245. The maximum absolute atomic E-state index is 10.1. The molecule has 0 aliphatic heterocycles. The maximum Gasteiger partial charge on any atom is 0.162 e. The van der Waals surface area contributed by atoms with E-state index in [1.807, 2.05) is 25.1 Å². The standard InChI is InChI=1S/C18H23NO2/c1-2-21-17-12-6-11-16(18(17)20)14-19-13-7-10-15-8-4-3-5-9-15/h3-6,8-9,11-12,19-20H,2,7,10,13-14H2,1H3. The van der Waals surface area contributed by atoms with Crippen molar-refractivity contribution in [1.82, 2.24) is 5.32 Å². The van der Waals surface area contributed by atoms with Crippen LogP contribution >= 0.6 is 0 Å². The summed E-state index contributed by atoms with van der Waals surface area (Å²) < 4.78 is 5.38. The van der Waals surface area contributed by atoms with Gasteiger partial charge in [0.15, 0.2) is 11.5 Å². The summed E-state index contributed by atoms with van der Waals surface area (Å²) in [5.41, 5.74) is 2.24. The van der Waals surface area contributed by atoms with Crippen molar-refractivity contribution >= 4 is 0 Å². The van der Waals surface area contributed by atoms with E-state index in [-0.39, 0.29) is 5.75 Å². The van der Waals surface area contributed by atoms with Crippen LogP contribution < -0.4 is 10.1 Å². The van der Waals surface area contributed by atoms with E-state index >= 15 is 0 Å². The molecule has 0 amide bonds. The van der Waals surface area contributed by atoms with Crippen molar-refractivity contribution in [3.63, 3.8) is 0 Å². The second kappa shape index (κ2) is 8.32. The van der Waals surface area contributed by atoms with Crippen LogP contribution in [0, 0.1) is 0 Å². The average molecular weight is 285 g/mol. The first kappa shape index (κ1) is 15.4. The molecule has 2 aromatic carbocycles. The zero-order valence-electron chi connectivity index (χ0n) is 12.5. The van der Waals surface area contributed by atoms with E-state index in [2.05, 4.69) is 29.6 Å². The SMILES string of the molecule is CCOc1cccc(CNCCCc2ccccc2)c1O. The van der Waals surface area contributed by atoms with E-state index in [9.17, 15) is 5.11 Å². The molecule has 0 atom stereocenters. The fraction of sp³-hybridized carbons (Fsp3) is 0.333. The van der Waals surface area contributed by atoms with Gasteiger partial charge in [0.05, 0.1) is 6.61 Å². The first-order valence-corrected chi connectivity index (χ1v) is 7.49. The van der Waals surface area contributed by atoms with Crippen LogP contribution in [0.1, 0.15) is 24.5 Å². The fourth-order valence-electron chi connectivity index (χ4n) is 2.27. The lowest BCUT2D eigenvalue weighted by Crippen LogP contribution is -2.15. The van der Waals surface area contributed by atoms with E-state index in [1.165, 1.54) is 5.56 Å². The smallest absolute Gasteiger partial charge is 0.162 e. The van der Waals surface area contributed by atoms with E-state index in [4.69, 9.17) is 4.74 Å². The lowest BCUT2D eigenvalue weighted by molar-refractivity contribution is 0.316. The third kappa shape index (κ3) is 4.80. The third-order valence-electron chi connectivity index (χ3n) is 3.36. The third-order valence-corrected chi connectivity index (χ3v) is 3.36. The Morgan fingerprint density at radius 1 is 1.05 bits per heavy atom. The number of phenols is 1. The molecule has 21 heavy (non-hydrogen) atoms. The Hall–Kier alpha value is -2.00. The summed E-state index contributed by atoms with van der Waals surface area (Å²) in [6.45, 7) is 4.05. The Balaban J connectivity index is 1.75. The van der Waals surface area contributed by atoms with Gasteiger partial charge in [0.2, 0.25) is 0 Å². The highest BCUT2D eigenvalue weighted by Crippen LogP contribution is 2.29. The Morgan fingerprint density at radius 3 is 2.62 bits per heavy atom. The molecule has 0 spiro atoms. The lowest BCUT2D eigenvalue weighted by Gasteiger charge is -2.11. The minimum atomic E-state index is 0.245. The second-order valence-corrected chi connectivity index (χ2v) is 4.96. The van der Waals surface area contributed by atoms with Crippen molar-refractivity contribution < 1.29 is 9.84 Å². The van der Waals surface area contributed by atoms with Crippen molar-refractivity contribution in [2.45, 2.75) is 26.3 Å². The topological polar surface area (TPSA) is 41.5 Å². The molecule has 0 saturated heterocycles. The van der Waals surface area contributed by atoms with Gasteiger partial charge < -0.3 is 15.2 Å². The molecule has 3 nitrogen and oxygen atoms in total. The Morgan fingerprint density at radius 2 is 1.86 bits per heavy atom. The highest BCUT2D eigenvalue weighted by Gasteiger charge is 2.06. The Bertz CT molecular complexity index is 540. The van der Waals surface area contributed by atoms with Crippen molar-refractivity contribution in [3.05, 3.63) is 59.7 Å². The first-order chi connectivity index (χ1) is 10.3. The minimum Gasteiger partial charge on any atom is -0.504 e. The second-order valence-electron chi connectivity index (χ2n) is 4.96. The van der Waals surface area contributed by atoms with Gasteiger partial charge in [-0.3, -0.25) is 0 Å². The van der Waals surface area contributed by atoms with Gasteiger partial charge in [0.25, 0.3) is 0 Å². The molecule has 0 aromatic heterocycles. The van der Waals surface area contributed by atoms with E-state index in [0.29, 0.717) is 18.9 Å². The van der Waals surface area contributed by atoms with Crippen LogP contribution in [0.25, 0.3) is 0 Å². The molecule has 0 unspecified atom stereocenters. The highest BCUT2D eigenvalue weighted by molar-refractivity contribution is 5.45. The molecule has 0 saturated carbocycles. The van der Waals surface area contributed by atoms with Crippen molar-refractivity contribution in [1.29, 1.82) is 0 Å². The summed E-state index contributed by atoms with van der Waals surface area (Å²) in [5, 5.41) is 13.5. The van der Waals surface area contributed by atoms with Crippen molar-refractivity contribution in [3.8, 4) is 11.5 Å². The molecule has 112 valence electrons. The molecule has 0 aliphatic carbocycles. The number of hydrogen-bond donors (Lipinski definition) is 2. The van der Waals surface area contributed by atoms with Gasteiger partial charge in [0, 0.05) is 12.1 Å². The van der Waals surface area contributed by atoms with Gasteiger partial charge in [-0.2, -0.15) is 0 Å². The van der Waals surface area contributed by atoms with Gasteiger partial charge in [-0.15, -0.1) is 0 Å². The number of benzene rings is 2. The summed E-state index contributed by atoms with van der Waals surface area (Å²) in [6.07, 6.45) is 2.15. The maximum atomic E-state index is 10.1. The molecule has 0 aliphatic rings. The highest BCUT2D eigenvalue weighted by atomic mass is 16.5. The zero-order chi connectivity index (χ0) is 14.9. The van der Waals surface area contributed by atoms with Crippen LogP contribution in [0.15, 0.2) is 48.5 Å². The summed E-state index contributed by atoms with van der Waals surface area (Å²) in [7, 11) is 0. The molecular weight excluding hydrogens is 262 g/mol. The molecular formula is C18H23NO2. The van der Waals surface area contributed by atoms with Crippen LogP contribution in [0.5, 0.6) is 11.5 Å². The van der Waals surface area contributed by atoms with Gasteiger partial charge >= 0.3 is 0 Å². The van der Waals surface area contributed by atoms with Gasteiger partial charge in [-0.25, -0.2) is 0 Å². The molecule has 3 heteroatoms. The van der Waals surface area contributed by atoms with Crippen molar-refractivity contribution in [2.75, 3.05) is 13.2 Å². The van der Waals surface area contributed by atoms with E-state index < -0.39 is 0 Å². The van der Waals surface area contributed by atoms with Gasteiger partial charge in [-0.1, -0.05) is 42.5 Å².